The van der Waals surface area contributed by atoms with Gasteiger partial charge in [-0.25, -0.2) is 8.42 Å². The summed E-state index contributed by atoms with van der Waals surface area (Å²) in [5.41, 5.74) is 1.21. The average Bonchev–Trinajstić information content (AvgIpc) is 2.87. The summed E-state index contributed by atoms with van der Waals surface area (Å²) in [4.78, 5) is 13.0. The summed E-state index contributed by atoms with van der Waals surface area (Å²) in [7, 11) is -2.50. The highest BCUT2D eigenvalue weighted by atomic mass is 32.2. The number of anilines is 1. The number of methoxy groups -OCH3 is 1. The van der Waals surface area contributed by atoms with Crippen LogP contribution in [0.25, 0.3) is 0 Å². The van der Waals surface area contributed by atoms with E-state index in [1.807, 2.05) is 19.1 Å². The van der Waals surface area contributed by atoms with E-state index in [0.717, 1.165) is 9.87 Å². The van der Waals surface area contributed by atoms with Gasteiger partial charge in [0.25, 0.3) is 10.0 Å². The van der Waals surface area contributed by atoms with Gasteiger partial charge in [0, 0.05) is 0 Å². The Bertz CT molecular complexity index is 1250. The topological polar surface area (TPSA) is 94.2 Å². The molecule has 1 amide bonds. The zero-order chi connectivity index (χ0) is 24.1. The third kappa shape index (κ3) is 5.09. The van der Waals surface area contributed by atoms with Crippen LogP contribution in [0.2, 0.25) is 0 Å². The number of sulfonamides is 1. The van der Waals surface area contributed by atoms with Gasteiger partial charge in [-0.1, -0.05) is 24.3 Å². The summed E-state index contributed by atoms with van der Waals surface area (Å²) in [6.45, 7) is 2.41. The molecule has 3 aromatic carbocycles. The molecule has 0 aliphatic carbocycles. The largest absolute Gasteiger partial charge is 0.497 e. The summed E-state index contributed by atoms with van der Waals surface area (Å²) < 4.78 is 44.3. The molecular weight excluding hydrogens is 456 g/mol. The molecule has 0 bridgehead atoms. The molecule has 8 nitrogen and oxygen atoms in total. The van der Waals surface area contributed by atoms with Crippen LogP contribution in [-0.2, 0) is 14.8 Å². The van der Waals surface area contributed by atoms with Crippen LogP contribution in [0.4, 0.5) is 5.69 Å². The Kier molecular flexibility index (Phi) is 6.93. The van der Waals surface area contributed by atoms with Crippen molar-refractivity contribution in [3.63, 3.8) is 0 Å². The molecule has 178 valence electrons. The number of rotatable bonds is 8. The smallest absolute Gasteiger partial charge is 0.264 e. The maximum Gasteiger partial charge on any atom is 0.264 e. The van der Waals surface area contributed by atoms with Crippen LogP contribution < -0.4 is 23.8 Å². The normalized spacial score (nSPS) is 13.6. The first-order chi connectivity index (χ1) is 16.4. The highest BCUT2D eigenvalue weighted by Gasteiger charge is 2.28. The molecule has 0 radical (unpaired) electrons. The maximum atomic E-state index is 13.5. The van der Waals surface area contributed by atoms with E-state index in [4.69, 9.17) is 14.2 Å². The van der Waals surface area contributed by atoms with E-state index >= 15 is 0 Å². The highest BCUT2D eigenvalue weighted by molar-refractivity contribution is 7.92. The van der Waals surface area contributed by atoms with Gasteiger partial charge in [0.2, 0.25) is 5.91 Å². The van der Waals surface area contributed by atoms with Crippen LogP contribution in [0, 0.1) is 0 Å². The zero-order valence-electron chi connectivity index (χ0n) is 18.9. The molecule has 0 spiro atoms. The molecule has 0 aromatic heterocycles. The Morgan fingerprint density at radius 3 is 2.35 bits per heavy atom. The van der Waals surface area contributed by atoms with Gasteiger partial charge in [0.1, 0.15) is 25.5 Å². The molecule has 1 unspecified atom stereocenters. The molecule has 34 heavy (non-hydrogen) atoms. The maximum absolute atomic E-state index is 13.5. The van der Waals surface area contributed by atoms with Crippen molar-refractivity contribution in [1.29, 1.82) is 0 Å². The number of nitrogens with one attached hydrogen (secondary N) is 1. The van der Waals surface area contributed by atoms with Crippen LogP contribution in [0.15, 0.2) is 77.7 Å². The number of para-hydroxylation sites is 1. The lowest BCUT2D eigenvalue weighted by Gasteiger charge is -2.25. The molecule has 3 aromatic rings. The summed E-state index contributed by atoms with van der Waals surface area (Å²) in [5.74, 6) is 1.38. The number of hydrogen-bond donors (Lipinski definition) is 1. The SMILES string of the molecule is COc1ccc(S(=O)(=O)N(CC(=O)NC(C)c2ccc3c(c2)OCCO3)c2ccccc2)cc1. The lowest BCUT2D eigenvalue weighted by Crippen LogP contribution is -2.41. The van der Waals surface area contributed by atoms with E-state index < -0.39 is 15.9 Å². The molecule has 0 saturated carbocycles. The van der Waals surface area contributed by atoms with Gasteiger partial charge in [0.05, 0.1) is 23.7 Å². The fourth-order valence-corrected chi connectivity index (χ4v) is 5.04. The molecule has 1 atom stereocenters. The summed E-state index contributed by atoms with van der Waals surface area (Å²) in [6, 6.07) is 19.7. The molecule has 0 fully saturated rings. The zero-order valence-corrected chi connectivity index (χ0v) is 19.7. The standard InChI is InChI=1S/C25H26N2O6S/c1-18(19-8-13-23-24(16-19)33-15-14-32-23)26-25(28)17-27(20-6-4-3-5-7-20)34(29,30)22-11-9-21(31-2)10-12-22/h3-13,16,18H,14-15,17H2,1-2H3,(H,26,28). The molecule has 1 aliphatic rings. The van der Waals surface area contributed by atoms with Crippen LogP contribution in [0.5, 0.6) is 17.2 Å². The van der Waals surface area contributed by atoms with E-state index in [0.29, 0.717) is 36.1 Å². The predicted molar refractivity (Wildman–Crippen MR) is 128 cm³/mol. The van der Waals surface area contributed by atoms with E-state index in [9.17, 15) is 13.2 Å². The summed E-state index contributed by atoms with van der Waals surface area (Å²) >= 11 is 0. The predicted octanol–water partition coefficient (Wildman–Crippen LogP) is 3.54. The van der Waals surface area contributed by atoms with Crippen molar-refractivity contribution in [2.24, 2.45) is 0 Å². The van der Waals surface area contributed by atoms with Gasteiger partial charge in [-0.05, 0) is 61.0 Å². The van der Waals surface area contributed by atoms with Gasteiger partial charge in [0.15, 0.2) is 11.5 Å². The van der Waals surface area contributed by atoms with Crippen LogP contribution >= 0.6 is 0 Å². The first-order valence-corrected chi connectivity index (χ1v) is 12.2. The van der Waals surface area contributed by atoms with Crippen molar-refractivity contribution in [2.75, 3.05) is 31.2 Å². The minimum Gasteiger partial charge on any atom is -0.497 e. The van der Waals surface area contributed by atoms with Crippen molar-refractivity contribution in [2.45, 2.75) is 17.9 Å². The van der Waals surface area contributed by atoms with Crippen LogP contribution in [0.3, 0.4) is 0 Å². The Morgan fingerprint density at radius 2 is 1.68 bits per heavy atom. The number of carbonyl (C=O) groups is 1. The van der Waals surface area contributed by atoms with Crippen molar-refractivity contribution >= 4 is 21.6 Å². The fraction of sp³-hybridized carbons (Fsp3) is 0.240. The minimum atomic E-state index is -4.01. The molecule has 9 heteroatoms. The fourth-order valence-electron chi connectivity index (χ4n) is 3.61. The van der Waals surface area contributed by atoms with Gasteiger partial charge in [-0.3, -0.25) is 9.10 Å². The lowest BCUT2D eigenvalue weighted by atomic mass is 10.1. The molecule has 4 rings (SSSR count). The second-order valence-corrected chi connectivity index (χ2v) is 9.58. The Morgan fingerprint density at radius 1 is 1.00 bits per heavy atom. The first kappa shape index (κ1) is 23.4. The Balaban J connectivity index is 1.55. The van der Waals surface area contributed by atoms with Gasteiger partial charge >= 0.3 is 0 Å². The number of ether oxygens (including phenoxy) is 3. The van der Waals surface area contributed by atoms with Crippen molar-refractivity contribution in [1.82, 2.24) is 5.32 Å². The number of hydrogen-bond acceptors (Lipinski definition) is 6. The van der Waals surface area contributed by atoms with E-state index in [2.05, 4.69) is 5.32 Å². The van der Waals surface area contributed by atoms with Gasteiger partial charge in [-0.15, -0.1) is 0 Å². The number of amides is 1. The molecule has 1 N–H and O–H groups in total. The van der Waals surface area contributed by atoms with Crippen LogP contribution in [-0.4, -0.2) is 41.2 Å². The Labute approximate surface area is 199 Å². The number of benzene rings is 3. The highest BCUT2D eigenvalue weighted by Crippen LogP contribution is 2.32. The quantitative estimate of drug-likeness (QED) is 0.528. The number of carbonyl (C=O) groups excluding carboxylic acids is 1. The Hall–Kier alpha value is -3.72. The number of fused-ring (bicyclic) bond motifs is 1. The number of nitrogens with zero attached hydrogens (tertiary/aromatic N) is 1. The molecular formula is C25H26N2O6S. The van der Waals surface area contributed by atoms with Crippen molar-refractivity contribution < 1.29 is 27.4 Å². The van der Waals surface area contributed by atoms with E-state index in [1.165, 1.54) is 19.2 Å². The minimum absolute atomic E-state index is 0.0600. The third-order valence-electron chi connectivity index (χ3n) is 5.42. The molecule has 1 aliphatic heterocycles. The average molecular weight is 483 g/mol. The molecule has 1 heterocycles. The van der Waals surface area contributed by atoms with E-state index in [1.54, 1.807) is 48.5 Å². The second kappa shape index (κ2) is 10.0. The summed E-state index contributed by atoms with van der Waals surface area (Å²) in [6.07, 6.45) is 0. The first-order valence-electron chi connectivity index (χ1n) is 10.8. The van der Waals surface area contributed by atoms with Crippen molar-refractivity contribution in [3.05, 3.63) is 78.4 Å². The van der Waals surface area contributed by atoms with Crippen LogP contribution in [0.1, 0.15) is 18.5 Å². The van der Waals surface area contributed by atoms with Gasteiger partial charge in [-0.2, -0.15) is 0 Å². The molecule has 0 saturated heterocycles. The summed E-state index contributed by atoms with van der Waals surface area (Å²) in [5, 5.41) is 2.88. The third-order valence-corrected chi connectivity index (χ3v) is 7.21. The van der Waals surface area contributed by atoms with Crippen molar-refractivity contribution in [3.8, 4) is 17.2 Å². The second-order valence-electron chi connectivity index (χ2n) is 7.72. The monoisotopic (exact) mass is 482 g/mol. The van der Waals surface area contributed by atoms with E-state index in [-0.39, 0.29) is 17.5 Å². The van der Waals surface area contributed by atoms with Gasteiger partial charge < -0.3 is 19.5 Å². The lowest BCUT2D eigenvalue weighted by molar-refractivity contribution is -0.120.